The Hall–Kier alpha value is -0.870. The molecule has 4 nitrogen and oxygen atoms in total. The number of hydrogen-bond acceptors (Lipinski definition) is 4. The third kappa shape index (κ3) is 3.72. The van der Waals surface area contributed by atoms with Crippen LogP contribution in [0.25, 0.3) is 0 Å². The maximum atomic E-state index is 13.0. The van der Waals surface area contributed by atoms with Gasteiger partial charge >= 0.3 is 5.97 Å². The zero-order chi connectivity index (χ0) is 19.8. The maximum Gasteiger partial charge on any atom is 0.312 e. The lowest BCUT2D eigenvalue weighted by Gasteiger charge is -2.56. The summed E-state index contributed by atoms with van der Waals surface area (Å²) in [5.74, 6) is 1.68. The SMILES string of the molecule is CC(C)C1CCC2=C(CCC3C(C)(C(=O)OCC(O)CO)CCCC23C)C1. The number of carbonyl (C=O) groups excluding carboxylic acids is 1. The number of fused-ring (bicyclic) bond motifs is 2. The summed E-state index contributed by atoms with van der Waals surface area (Å²) in [6, 6.07) is 0. The van der Waals surface area contributed by atoms with Crippen molar-refractivity contribution in [2.75, 3.05) is 13.2 Å². The highest BCUT2D eigenvalue weighted by Crippen LogP contribution is 2.62. The zero-order valence-electron chi connectivity index (χ0n) is 17.6. The van der Waals surface area contributed by atoms with Crippen LogP contribution in [0.2, 0.25) is 0 Å². The molecule has 0 saturated heterocycles. The number of carbonyl (C=O) groups is 1. The third-order valence-electron chi connectivity index (χ3n) is 8.08. The van der Waals surface area contributed by atoms with Crippen molar-refractivity contribution in [3.05, 3.63) is 11.1 Å². The molecule has 0 aliphatic heterocycles. The van der Waals surface area contributed by atoms with E-state index in [0.717, 1.165) is 37.5 Å². The van der Waals surface area contributed by atoms with Gasteiger partial charge in [0.1, 0.15) is 12.7 Å². The van der Waals surface area contributed by atoms with Gasteiger partial charge in [-0.25, -0.2) is 0 Å². The molecule has 5 atom stereocenters. The van der Waals surface area contributed by atoms with Crippen molar-refractivity contribution in [2.45, 2.75) is 85.2 Å². The zero-order valence-corrected chi connectivity index (χ0v) is 17.6. The van der Waals surface area contributed by atoms with Crippen molar-refractivity contribution >= 4 is 5.97 Å². The van der Waals surface area contributed by atoms with E-state index in [-0.39, 0.29) is 24.6 Å². The van der Waals surface area contributed by atoms with Gasteiger partial charge in [0.2, 0.25) is 0 Å². The molecule has 2 N–H and O–H groups in total. The largest absolute Gasteiger partial charge is 0.462 e. The minimum atomic E-state index is -0.987. The molecule has 0 heterocycles. The van der Waals surface area contributed by atoms with E-state index in [1.807, 2.05) is 0 Å². The normalized spacial score (nSPS) is 37.6. The van der Waals surface area contributed by atoms with Crippen LogP contribution in [0.1, 0.15) is 79.1 Å². The molecular weight excluding hydrogens is 340 g/mol. The molecule has 3 aliphatic rings. The highest BCUT2D eigenvalue weighted by Gasteiger charge is 2.56. The van der Waals surface area contributed by atoms with Crippen molar-refractivity contribution < 1.29 is 19.7 Å². The summed E-state index contributed by atoms with van der Waals surface area (Å²) in [4.78, 5) is 13.0. The van der Waals surface area contributed by atoms with Crippen LogP contribution in [0, 0.1) is 28.6 Å². The second-order valence-corrected chi connectivity index (χ2v) is 10.0. The summed E-state index contributed by atoms with van der Waals surface area (Å²) in [5.41, 5.74) is 2.96. The van der Waals surface area contributed by atoms with E-state index >= 15 is 0 Å². The summed E-state index contributed by atoms with van der Waals surface area (Å²) in [6.45, 7) is 8.68. The van der Waals surface area contributed by atoms with Crippen molar-refractivity contribution in [2.24, 2.45) is 28.6 Å². The molecule has 3 aliphatic carbocycles. The summed E-state index contributed by atoms with van der Waals surface area (Å²) >= 11 is 0. The van der Waals surface area contributed by atoms with Gasteiger partial charge in [-0.1, -0.05) is 38.3 Å². The second kappa shape index (κ2) is 7.87. The number of esters is 1. The molecule has 0 aromatic rings. The van der Waals surface area contributed by atoms with Crippen LogP contribution in [0.15, 0.2) is 11.1 Å². The van der Waals surface area contributed by atoms with Crippen LogP contribution in [-0.2, 0) is 9.53 Å². The van der Waals surface area contributed by atoms with Crippen molar-refractivity contribution in [1.29, 1.82) is 0 Å². The lowest BCUT2D eigenvalue weighted by atomic mass is 9.48. The first-order valence-corrected chi connectivity index (χ1v) is 10.9. The van der Waals surface area contributed by atoms with Gasteiger partial charge < -0.3 is 14.9 Å². The summed E-state index contributed by atoms with van der Waals surface area (Å²) in [7, 11) is 0. The van der Waals surface area contributed by atoms with E-state index in [1.165, 1.54) is 25.7 Å². The van der Waals surface area contributed by atoms with Crippen LogP contribution in [0.3, 0.4) is 0 Å². The summed E-state index contributed by atoms with van der Waals surface area (Å²) < 4.78 is 5.45. The molecule has 0 bridgehead atoms. The first-order chi connectivity index (χ1) is 12.7. The predicted molar refractivity (Wildman–Crippen MR) is 106 cm³/mol. The lowest BCUT2D eigenvalue weighted by Crippen LogP contribution is -2.51. The lowest BCUT2D eigenvalue weighted by molar-refractivity contribution is -0.169. The molecule has 0 amide bonds. The Morgan fingerprint density at radius 3 is 2.63 bits per heavy atom. The van der Waals surface area contributed by atoms with Gasteiger partial charge in [-0.2, -0.15) is 0 Å². The maximum absolute atomic E-state index is 13.0. The average molecular weight is 379 g/mol. The molecule has 4 heteroatoms. The van der Waals surface area contributed by atoms with Gasteiger partial charge in [0.05, 0.1) is 12.0 Å². The van der Waals surface area contributed by atoms with Crippen molar-refractivity contribution in [3.8, 4) is 0 Å². The smallest absolute Gasteiger partial charge is 0.312 e. The fourth-order valence-corrected chi connectivity index (χ4v) is 6.38. The highest BCUT2D eigenvalue weighted by atomic mass is 16.5. The fourth-order valence-electron chi connectivity index (χ4n) is 6.38. The highest BCUT2D eigenvalue weighted by molar-refractivity contribution is 5.77. The van der Waals surface area contributed by atoms with Crippen molar-refractivity contribution in [3.63, 3.8) is 0 Å². The van der Waals surface area contributed by atoms with Crippen LogP contribution < -0.4 is 0 Å². The van der Waals surface area contributed by atoms with Crippen LogP contribution in [0.5, 0.6) is 0 Å². The van der Waals surface area contributed by atoms with Gasteiger partial charge in [-0.15, -0.1) is 0 Å². The Morgan fingerprint density at radius 1 is 1.22 bits per heavy atom. The van der Waals surface area contributed by atoms with E-state index in [1.54, 1.807) is 11.1 Å². The van der Waals surface area contributed by atoms with Crippen LogP contribution in [0.4, 0.5) is 0 Å². The molecule has 0 radical (unpaired) electrons. The topological polar surface area (TPSA) is 66.8 Å². The summed E-state index contributed by atoms with van der Waals surface area (Å²) in [5, 5.41) is 18.6. The number of allylic oxidation sites excluding steroid dienone is 2. The standard InChI is InChI=1S/C23H38O4/c1-15(2)16-6-8-19-17(12-16)7-9-20-22(19,3)10-5-11-23(20,4)21(26)27-14-18(25)13-24/h15-16,18,20,24-25H,5-14H2,1-4H3. The Bertz CT molecular complexity index is 595. The van der Waals surface area contributed by atoms with E-state index in [2.05, 4.69) is 27.7 Å². The van der Waals surface area contributed by atoms with E-state index in [0.29, 0.717) is 5.92 Å². The molecule has 3 rings (SSSR count). The van der Waals surface area contributed by atoms with Crippen LogP contribution >= 0.6 is 0 Å². The Kier molecular flexibility index (Phi) is 6.08. The molecule has 154 valence electrons. The van der Waals surface area contributed by atoms with E-state index in [9.17, 15) is 9.90 Å². The second-order valence-electron chi connectivity index (χ2n) is 10.0. The first-order valence-electron chi connectivity index (χ1n) is 10.9. The first kappa shape index (κ1) is 20.9. The number of aliphatic hydroxyl groups is 2. The minimum absolute atomic E-state index is 0.108. The Balaban J connectivity index is 1.82. The van der Waals surface area contributed by atoms with Crippen LogP contribution in [-0.4, -0.2) is 35.5 Å². The molecule has 1 fully saturated rings. The number of rotatable bonds is 5. The average Bonchev–Trinajstić information content (AvgIpc) is 2.65. The quantitative estimate of drug-likeness (QED) is 0.555. The molecule has 0 spiro atoms. The Labute approximate surface area is 164 Å². The third-order valence-corrected chi connectivity index (χ3v) is 8.08. The number of aliphatic hydroxyl groups excluding tert-OH is 2. The fraction of sp³-hybridized carbons (Fsp3) is 0.870. The van der Waals surface area contributed by atoms with Gasteiger partial charge in [-0.3, -0.25) is 4.79 Å². The molecule has 0 aromatic heterocycles. The molecule has 27 heavy (non-hydrogen) atoms. The van der Waals surface area contributed by atoms with E-state index in [4.69, 9.17) is 9.84 Å². The predicted octanol–water partition coefficient (Wildman–Crippen LogP) is 4.24. The molecular formula is C23H38O4. The Morgan fingerprint density at radius 2 is 1.96 bits per heavy atom. The van der Waals surface area contributed by atoms with Gasteiger partial charge in [-0.05, 0) is 75.0 Å². The van der Waals surface area contributed by atoms with Gasteiger partial charge in [0, 0.05) is 0 Å². The molecule has 0 aromatic carbocycles. The number of hydrogen-bond donors (Lipinski definition) is 2. The monoisotopic (exact) mass is 378 g/mol. The summed E-state index contributed by atoms with van der Waals surface area (Å²) in [6.07, 6.45) is 8.01. The molecule has 5 unspecified atom stereocenters. The minimum Gasteiger partial charge on any atom is -0.462 e. The molecule has 1 saturated carbocycles. The number of ether oxygens (including phenoxy) is 1. The van der Waals surface area contributed by atoms with E-state index < -0.39 is 11.5 Å². The van der Waals surface area contributed by atoms with Crippen molar-refractivity contribution in [1.82, 2.24) is 0 Å². The van der Waals surface area contributed by atoms with Gasteiger partial charge in [0.15, 0.2) is 0 Å². The van der Waals surface area contributed by atoms with Gasteiger partial charge in [0.25, 0.3) is 0 Å².